The Hall–Kier alpha value is -1.62. The SMILES string of the molecule is CCN=C1NC(=O)C(c2ccc(Cl)c(F)c2)N1. The molecule has 6 heteroatoms. The Kier molecular flexibility index (Phi) is 3.28. The summed E-state index contributed by atoms with van der Waals surface area (Å²) in [4.78, 5) is 15.7. The Labute approximate surface area is 103 Å². The van der Waals surface area contributed by atoms with E-state index in [-0.39, 0.29) is 10.9 Å². The molecule has 0 spiro atoms. The fourth-order valence-electron chi connectivity index (χ4n) is 1.60. The van der Waals surface area contributed by atoms with Crippen LogP contribution in [0.15, 0.2) is 23.2 Å². The number of hydrogen-bond donors (Lipinski definition) is 2. The molecule has 90 valence electrons. The molecule has 1 aliphatic heterocycles. The molecule has 1 heterocycles. The minimum absolute atomic E-state index is 0.0367. The van der Waals surface area contributed by atoms with Gasteiger partial charge < -0.3 is 5.32 Å². The highest BCUT2D eigenvalue weighted by Gasteiger charge is 2.29. The van der Waals surface area contributed by atoms with Gasteiger partial charge in [-0.3, -0.25) is 15.1 Å². The van der Waals surface area contributed by atoms with Crippen LogP contribution in [0.2, 0.25) is 5.02 Å². The van der Waals surface area contributed by atoms with E-state index in [9.17, 15) is 9.18 Å². The average Bonchev–Trinajstić information content (AvgIpc) is 2.64. The smallest absolute Gasteiger partial charge is 0.253 e. The van der Waals surface area contributed by atoms with Crippen molar-refractivity contribution in [1.29, 1.82) is 0 Å². The lowest BCUT2D eigenvalue weighted by Gasteiger charge is -2.08. The first-order valence-electron chi connectivity index (χ1n) is 5.18. The largest absolute Gasteiger partial charge is 0.340 e. The Balaban J connectivity index is 2.26. The average molecular weight is 256 g/mol. The highest BCUT2D eigenvalue weighted by Crippen LogP contribution is 2.22. The summed E-state index contributed by atoms with van der Waals surface area (Å²) in [5, 5.41) is 5.50. The molecule has 0 bridgehead atoms. The first-order valence-corrected chi connectivity index (χ1v) is 5.56. The molecule has 2 N–H and O–H groups in total. The zero-order valence-electron chi connectivity index (χ0n) is 9.13. The molecule has 1 saturated heterocycles. The Bertz CT molecular complexity index is 490. The number of hydrogen-bond acceptors (Lipinski definition) is 2. The van der Waals surface area contributed by atoms with Gasteiger partial charge >= 0.3 is 0 Å². The third kappa shape index (κ3) is 2.39. The van der Waals surface area contributed by atoms with E-state index in [2.05, 4.69) is 15.6 Å². The number of rotatable bonds is 2. The van der Waals surface area contributed by atoms with Crippen molar-refractivity contribution >= 4 is 23.5 Å². The predicted molar refractivity (Wildman–Crippen MR) is 63.4 cm³/mol. The summed E-state index contributed by atoms with van der Waals surface area (Å²) in [5.74, 6) is -0.378. The van der Waals surface area contributed by atoms with Gasteiger partial charge in [-0.2, -0.15) is 0 Å². The number of nitrogens with one attached hydrogen (secondary N) is 2. The summed E-state index contributed by atoms with van der Waals surface area (Å²) in [6, 6.07) is 3.66. The van der Waals surface area contributed by atoms with Crippen molar-refractivity contribution < 1.29 is 9.18 Å². The lowest BCUT2D eigenvalue weighted by atomic mass is 10.1. The summed E-state index contributed by atoms with van der Waals surface area (Å²) in [5.41, 5.74) is 0.519. The van der Waals surface area contributed by atoms with E-state index in [1.54, 1.807) is 6.07 Å². The van der Waals surface area contributed by atoms with Crippen molar-refractivity contribution in [2.24, 2.45) is 4.99 Å². The molecule has 0 saturated carbocycles. The summed E-state index contributed by atoms with van der Waals surface area (Å²) in [6.07, 6.45) is 0. The van der Waals surface area contributed by atoms with Crippen LogP contribution in [0.5, 0.6) is 0 Å². The number of carbonyl (C=O) groups excluding carboxylic acids is 1. The van der Waals surface area contributed by atoms with Crippen molar-refractivity contribution in [2.75, 3.05) is 6.54 Å². The molecule has 1 atom stereocenters. The second kappa shape index (κ2) is 4.71. The minimum Gasteiger partial charge on any atom is -0.340 e. The molecule has 17 heavy (non-hydrogen) atoms. The molecule has 1 fully saturated rings. The molecule has 2 rings (SSSR count). The fraction of sp³-hybridized carbons (Fsp3) is 0.273. The topological polar surface area (TPSA) is 53.5 Å². The lowest BCUT2D eigenvalue weighted by molar-refractivity contribution is -0.120. The van der Waals surface area contributed by atoms with Gasteiger partial charge in [0.1, 0.15) is 11.9 Å². The van der Waals surface area contributed by atoms with Crippen LogP contribution in [0.25, 0.3) is 0 Å². The lowest BCUT2D eigenvalue weighted by Crippen LogP contribution is -2.25. The normalized spacial score (nSPS) is 21.5. The fourth-order valence-corrected chi connectivity index (χ4v) is 1.71. The summed E-state index contributed by atoms with van der Waals surface area (Å²) in [7, 11) is 0. The molecule has 1 amide bonds. The van der Waals surface area contributed by atoms with Crippen LogP contribution in [0.1, 0.15) is 18.5 Å². The molecule has 0 aliphatic carbocycles. The van der Waals surface area contributed by atoms with Gasteiger partial charge in [0, 0.05) is 6.54 Å². The Morgan fingerprint density at radius 2 is 2.29 bits per heavy atom. The number of benzene rings is 1. The Morgan fingerprint density at radius 3 is 2.94 bits per heavy atom. The Morgan fingerprint density at radius 1 is 1.53 bits per heavy atom. The van der Waals surface area contributed by atoms with Gasteiger partial charge in [0.2, 0.25) is 0 Å². The molecule has 0 aromatic heterocycles. The van der Waals surface area contributed by atoms with E-state index in [4.69, 9.17) is 11.6 Å². The van der Waals surface area contributed by atoms with Gasteiger partial charge in [-0.1, -0.05) is 17.7 Å². The molecular weight excluding hydrogens is 245 g/mol. The number of halogens is 2. The zero-order valence-corrected chi connectivity index (χ0v) is 9.88. The van der Waals surface area contributed by atoms with Gasteiger partial charge in [-0.25, -0.2) is 4.39 Å². The van der Waals surface area contributed by atoms with Crippen LogP contribution in [0, 0.1) is 5.82 Å². The molecule has 1 aliphatic rings. The van der Waals surface area contributed by atoms with Gasteiger partial charge in [0.15, 0.2) is 5.96 Å². The van der Waals surface area contributed by atoms with Crippen LogP contribution >= 0.6 is 11.6 Å². The molecule has 1 aromatic carbocycles. The maximum atomic E-state index is 13.3. The van der Waals surface area contributed by atoms with Crippen LogP contribution in [-0.2, 0) is 4.79 Å². The molecular formula is C11H11ClFN3O. The monoisotopic (exact) mass is 255 g/mol. The predicted octanol–water partition coefficient (Wildman–Crippen LogP) is 1.62. The van der Waals surface area contributed by atoms with Crippen LogP contribution in [0.3, 0.4) is 0 Å². The van der Waals surface area contributed by atoms with Gasteiger partial charge in [-0.05, 0) is 24.6 Å². The number of nitrogens with zero attached hydrogens (tertiary/aromatic N) is 1. The van der Waals surface area contributed by atoms with E-state index < -0.39 is 11.9 Å². The molecule has 1 unspecified atom stereocenters. The third-order valence-electron chi connectivity index (χ3n) is 2.38. The highest BCUT2D eigenvalue weighted by molar-refractivity contribution is 6.30. The van der Waals surface area contributed by atoms with Crippen LogP contribution in [0.4, 0.5) is 4.39 Å². The van der Waals surface area contributed by atoms with Crippen LogP contribution in [-0.4, -0.2) is 18.4 Å². The maximum absolute atomic E-state index is 13.3. The quantitative estimate of drug-likeness (QED) is 0.844. The van der Waals surface area contributed by atoms with Gasteiger partial charge in [-0.15, -0.1) is 0 Å². The summed E-state index contributed by atoms with van der Waals surface area (Å²) < 4.78 is 13.3. The molecule has 0 radical (unpaired) electrons. The first kappa shape index (κ1) is 11.9. The van der Waals surface area contributed by atoms with E-state index in [1.807, 2.05) is 6.92 Å². The van der Waals surface area contributed by atoms with Crippen molar-refractivity contribution in [2.45, 2.75) is 13.0 Å². The maximum Gasteiger partial charge on any atom is 0.253 e. The van der Waals surface area contributed by atoms with E-state index in [1.165, 1.54) is 12.1 Å². The summed E-state index contributed by atoms with van der Waals surface area (Å²) in [6.45, 7) is 2.42. The minimum atomic E-state index is -0.618. The number of guanidine groups is 1. The van der Waals surface area contributed by atoms with Crippen LogP contribution < -0.4 is 10.6 Å². The van der Waals surface area contributed by atoms with E-state index >= 15 is 0 Å². The second-order valence-electron chi connectivity index (χ2n) is 3.56. The van der Waals surface area contributed by atoms with Crippen molar-refractivity contribution in [3.63, 3.8) is 0 Å². The number of amides is 1. The zero-order chi connectivity index (χ0) is 12.4. The number of aliphatic imine (C=N–C) groups is 1. The third-order valence-corrected chi connectivity index (χ3v) is 2.68. The van der Waals surface area contributed by atoms with Crippen molar-refractivity contribution in [1.82, 2.24) is 10.6 Å². The number of carbonyl (C=O) groups is 1. The van der Waals surface area contributed by atoms with Crippen molar-refractivity contribution in [3.8, 4) is 0 Å². The highest BCUT2D eigenvalue weighted by atomic mass is 35.5. The van der Waals surface area contributed by atoms with E-state index in [0.29, 0.717) is 18.1 Å². The van der Waals surface area contributed by atoms with Gasteiger partial charge in [0.25, 0.3) is 5.91 Å². The second-order valence-corrected chi connectivity index (χ2v) is 3.97. The van der Waals surface area contributed by atoms with Gasteiger partial charge in [0.05, 0.1) is 5.02 Å². The standard InChI is InChI=1S/C11H11ClFN3O/c1-2-14-11-15-9(10(17)16-11)6-3-4-7(12)8(13)5-6/h3-5,9H,2H2,1H3,(H2,14,15,16,17). The molecule has 4 nitrogen and oxygen atoms in total. The first-order chi connectivity index (χ1) is 8.11. The molecule has 1 aromatic rings. The summed E-state index contributed by atoms with van der Waals surface area (Å²) >= 11 is 5.58. The van der Waals surface area contributed by atoms with E-state index in [0.717, 1.165) is 0 Å². The van der Waals surface area contributed by atoms with Crippen molar-refractivity contribution in [3.05, 3.63) is 34.6 Å².